The van der Waals surface area contributed by atoms with Gasteiger partial charge in [-0.1, -0.05) is 13.3 Å². The monoisotopic (exact) mass is 451 g/mol. The van der Waals surface area contributed by atoms with Crippen LogP contribution < -0.4 is 16.0 Å². The highest BCUT2D eigenvalue weighted by Gasteiger charge is 2.06. The summed E-state index contributed by atoms with van der Waals surface area (Å²) in [5.41, 5.74) is 2.18. The van der Waals surface area contributed by atoms with E-state index in [-0.39, 0.29) is 18.4 Å². The van der Waals surface area contributed by atoms with E-state index in [0.717, 1.165) is 27.8 Å². The Morgan fingerprint density at radius 1 is 0.960 bits per heavy atom. The van der Waals surface area contributed by atoms with Crippen LogP contribution in [0.2, 0.25) is 0 Å². The molecule has 0 saturated carbocycles. The van der Waals surface area contributed by atoms with Crippen molar-refractivity contribution in [2.24, 2.45) is 0 Å². The van der Waals surface area contributed by atoms with Crippen molar-refractivity contribution < 1.29 is 9.59 Å². The topological polar surface area (TPSA) is 70.2 Å². The number of carbonyl (C=O) groups excluding carboxylic acids is 2. The van der Waals surface area contributed by atoms with Gasteiger partial charge in [-0.05, 0) is 77.5 Å². The van der Waals surface area contributed by atoms with Crippen molar-refractivity contribution in [3.8, 4) is 0 Å². The lowest BCUT2D eigenvalue weighted by Gasteiger charge is -2.09. The lowest BCUT2D eigenvalue weighted by atomic mass is 10.2. The van der Waals surface area contributed by atoms with Crippen molar-refractivity contribution in [1.82, 2.24) is 5.32 Å². The van der Waals surface area contributed by atoms with E-state index in [1.54, 1.807) is 24.3 Å². The van der Waals surface area contributed by atoms with Gasteiger partial charge in [0.05, 0.1) is 6.54 Å². The number of unbranched alkanes of at least 4 members (excludes halogenated alkanes) is 1. The standard InChI is InChI=1S/C19H22IN3O2/c1-2-3-12-21-19(25)14-4-8-16(9-5-14)22-13-18(24)23-17-10-6-15(20)7-11-17/h4-11,22H,2-3,12-13H2,1H3,(H,21,25)(H,23,24). The third-order valence-electron chi connectivity index (χ3n) is 3.54. The van der Waals surface area contributed by atoms with E-state index in [4.69, 9.17) is 0 Å². The average molecular weight is 451 g/mol. The normalized spacial score (nSPS) is 10.2. The Labute approximate surface area is 161 Å². The van der Waals surface area contributed by atoms with Crippen LogP contribution in [0.1, 0.15) is 30.1 Å². The number of carbonyl (C=O) groups is 2. The van der Waals surface area contributed by atoms with Gasteiger partial charge in [-0.3, -0.25) is 9.59 Å². The third-order valence-corrected chi connectivity index (χ3v) is 4.26. The summed E-state index contributed by atoms with van der Waals surface area (Å²) < 4.78 is 1.12. The van der Waals surface area contributed by atoms with Crippen molar-refractivity contribution in [2.75, 3.05) is 23.7 Å². The first-order valence-corrected chi connectivity index (χ1v) is 9.34. The Bertz CT molecular complexity index is 700. The molecule has 0 saturated heterocycles. The van der Waals surface area contributed by atoms with Gasteiger partial charge in [0, 0.05) is 27.1 Å². The lowest BCUT2D eigenvalue weighted by Crippen LogP contribution is -2.24. The molecule has 0 aliphatic rings. The van der Waals surface area contributed by atoms with Crippen LogP contribution in [0.5, 0.6) is 0 Å². The molecular formula is C19H22IN3O2. The largest absolute Gasteiger partial charge is 0.376 e. The van der Waals surface area contributed by atoms with E-state index < -0.39 is 0 Å². The Hall–Kier alpha value is -2.09. The van der Waals surface area contributed by atoms with Gasteiger partial charge in [0.25, 0.3) is 5.91 Å². The molecule has 0 radical (unpaired) electrons. The number of amides is 2. The van der Waals surface area contributed by atoms with E-state index in [0.29, 0.717) is 12.1 Å². The molecule has 25 heavy (non-hydrogen) atoms. The molecule has 3 N–H and O–H groups in total. The molecule has 0 spiro atoms. The predicted octanol–water partition coefficient (Wildman–Crippen LogP) is 3.87. The zero-order valence-corrected chi connectivity index (χ0v) is 16.3. The Balaban J connectivity index is 1.79. The van der Waals surface area contributed by atoms with E-state index >= 15 is 0 Å². The smallest absolute Gasteiger partial charge is 0.251 e. The maximum Gasteiger partial charge on any atom is 0.251 e. The highest BCUT2D eigenvalue weighted by Crippen LogP contribution is 2.12. The zero-order valence-electron chi connectivity index (χ0n) is 14.1. The van der Waals surface area contributed by atoms with Gasteiger partial charge in [-0.25, -0.2) is 0 Å². The fourth-order valence-electron chi connectivity index (χ4n) is 2.14. The van der Waals surface area contributed by atoms with Gasteiger partial charge >= 0.3 is 0 Å². The molecule has 2 aromatic carbocycles. The molecule has 2 aromatic rings. The molecule has 0 atom stereocenters. The summed E-state index contributed by atoms with van der Waals surface area (Å²) in [5.74, 6) is -0.195. The molecule has 132 valence electrons. The summed E-state index contributed by atoms with van der Waals surface area (Å²) in [7, 11) is 0. The summed E-state index contributed by atoms with van der Waals surface area (Å²) in [6.45, 7) is 2.93. The molecular weight excluding hydrogens is 429 g/mol. The molecule has 0 fully saturated rings. The van der Waals surface area contributed by atoms with Crippen molar-refractivity contribution >= 4 is 45.8 Å². The molecule has 0 aromatic heterocycles. The van der Waals surface area contributed by atoms with Gasteiger partial charge in [-0.15, -0.1) is 0 Å². The van der Waals surface area contributed by atoms with Crippen LogP contribution in [0, 0.1) is 3.57 Å². The maximum atomic E-state index is 12.0. The summed E-state index contributed by atoms with van der Waals surface area (Å²) in [4.78, 5) is 23.9. The molecule has 0 heterocycles. The van der Waals surface area contributed by atoms with Crippen LogP contribution in [-0.2, 0) is 4.79 Å². The predicted molar refractivity (Wildman–Crippen MR) is 110 cm³/mol. The van der Waals surface area contributed by atoms with Crippen LogP contribution in [0.3, 0.4) is 0 Å². The zero-order chi connectivity index (χ0) is 18.1. The first-order valence-electron chi connectivity index (χ1n) is 8.26. The first-order chi connectivity index (χ1) is 12.1. The number of rotatable bonds is 8. The molecule has 2 rings (SSSR count). The summed E-state index contributed by atoms with van der Waals surface area (Å²) in [6.07, 6.45) is 2.02. The van der Waals surface area contributed by atoms with Crippen molar-refractivity contribution in [3.05, 3.63) is 57.7 Å². The highest BCUT2D eigenvalue weighted by molar-refractivity contribution is 14.1. The highest BCUT2D eigenvalue weighted by atomic mass is 127. The fraction of sp³-hybridized carbons (Fsp3) is 0.263. The lowest BCUT2D eigenvalue weighted by molar-refractivity contribution is -0.114. The second kappa shape index (κ2) is 10.0. The van der Waals surface area contributed by atoms with Gasteiger partial charge in [0.2, 0.25) is 5.91 Å². The Morgan fingerprint density at radius 3 is 2.24 bits per heavy atom. The van der Waals surface area contributed by atoms with Crippen LogP contribution in [0.25, 0.3) is 0 Å². The minimum atomic E-state index is -0.123. The van der Waals surface area contributed by atoms with Gasteiger partial charge in [-0.2, -0.15) is 0 Å². The van der Waals surface area contributed by atoms with E-state index in [9.17, 15) is 9.59 Å². The number of benzene rings is 2. The number of anilines is 2. The third kappa shape index (κ3) is 6.74. The minimum absolute atomic E-state index is 0.0727. The molecule has 0 bridgehead atoms. The van der Waals surface area contributed by atoms with Crippen LogP contribution in [-0.4, -0.2) is 24.9 Å². The summed E-state index contributed by atoms with van der Waals surface area (Å²) >= 11 is 2.22. The van der Waals surface area contributed by atoms with Crippen LogP contribution >= 0.6 is 22.6 Å². The second-order valence-corrected chi connectivity index (χ2v) is 6.84. The Kier molecular flexibility index (Phi) is 7.72. The molecule has 0 unspecified atom stereocenters. The van der Waals surface area contributed by atoms with Crippen molar-refractivity contribution in [3.63, 3.8) is 0 Å². The number of nitrogens with one attached hydrogen (secondary N) is 3. The molecule has 0 aliphatic carbocycles. The summed E-state index contributed by atoms with van der Waals surface area (Å²) in [6, 6.07) is 14.7. The number of hydrogen-bond donors (Lipinski definition) is 3. The van der Waals surface area contributed by atoms with E-state index in [1.807, 2.05) is 24.3 Å². The average Bonchev–Trinajstić information content (AvgIpc) is 2.62. The molecule has 5 nitrogen and oxygen atoms in total. The fourth-order valence-corrected chi connectivity index (χ4v) is 2.50. The van der Waals surface area contributed by atoms with Crippen LogP contribution in [0.4, 0.5) is 11.4 Å². The first kappa shape index (κ1) is 19.2. The van der Waals surface area contributed by atoms with Gasteiger partial charge in [0.15, 0.2) is 0 Å². The molecule has 0 aliphatic heterocycles. The minimum Gasteiger partial charge on any atom is -0.376 e. The van der Waals surface area contributed by atoms with E-state index in [2.05, 4.69) is 45.5 Å². The quantitative estimate of drug-likeness (QED) is 0.422. The Morgan fingerprint density at radius 2 is 1.60 bits per heavy atom. The van der Waals surface area contributed by atoms with Crippen LogP contribution in [0.15, 0.2) is 48.5 Å². The number of hydrogen-bond acceptors (Lipinski definition) is 3. The SMILES string of the molecule is CCCCNC(=O)c1ccc(NCC(=O)Nc2ccc(I)cc2)cc1. The summed E-state index contributed by atoms with van der Waals surface area (Å²) in [5, 5.41) is 8.75. The van der Waals surface area contributed by atoms with Gasteiger partial charge in [0.1, 0.15) is 0 Å². The maximum absolute atomic E-state index is 12.0. The number of halogens is 1. The molecule has 2 amide bonds. The van der Waals surface area contributed by atoms with E-state index in [1.165, 1.54) is 0 Å². The van der Waals surface area contributed by atoms with Gasteiger partial charge < -0.3 is 16.0 Å². The second-order valence-electron chi connectivity index (χ2n) is 5.60. The van der Waals surface area contributed by atoms with Crippen molar-refractivity contribution in [2.45, 2.75) is 19.8 Å². The van der Waals surface area contributed by atoms with Crippen molar-refractivity contribution in [1.29, 1.82) is 0 Å². The molecule has 6 heteroatoms.